The monoisotopic (exact) mass is 174 g/mol. The zero-order chi connectivity index (χ0) is 8.70. The van der Waals surface area contributed by atoms with Gasteiger partial charge in [0, 0.05) is 0 Å². The average Bonchev–Trinajstić information content (AvgIpc) is 1.53. The zero-order valence-corrected chi connectivity index (χ0v) is 5.54. The van der Waals surface area contributed by atoms with E-state index < -0.39 is 32.4 Å². The third-order valence-electron chi connectivity index (χ3n) is 1.38. The molecule has 0 atom stereocenters. The molecule has 1 heterocycles. The second-order valence-corrected chi connectivity index (χ2v) is 2.74. The van der Waals surface area contributed by atoms with E-state index in [1.54, 1.807) is 0 Å². The standard InChI is InChI=1S/C4H6BF5N/c6-4(7)1-11(2-4)3-5(8,9)10/h1-3H2/q-1. The molecule has 0 aromatic rings. The van der Waals surface area contributed by atoms with Crippen molar-refractivity contribution in [2.24, 2.45) is 0 Å². The van der Waals surface area contributed by atoms with Gasteiger partial charge in [0.05, 0.1) is 13.1 Å². The van der Waals surface area contributed by atoms with Crippen molar-refractivity contribution in [3.05, 3.63) is 0 Å². The number of alkyl halides is 2. The normalized spacial score (nSPS) is 24.8. The van der Waals surface area contributed by atoms with Crippen molar-refractivity contribution in [2.75, 3.05) is 19.5 Å². The Hall–Kier alpha value is -0.325. The quantitative estimate of drug-likeness (QED) is 0.450. The molecule has 1 nitrogen and oxygen atoms in total. The molecule has 0 amide bonds. The highest BCUT2D eigenvalue weighted by Crippen LogP contribution is 2.28. The van der Waals surface area contributed by atoms with E-state index >= 15 is 0 Å². The third kappa shape index (κ3) is 2.65. The van der Waals surface area contributed by atoms with Gasteiger partial charge in [-0.05, 0) is 6.44 Å². The second kappa shape index (κ2) is 2.33. The van der Waals surface area contributed by atoms with Gasteiger partial charge in [-0.3, -0.25) is 0 Å². The van der Waals surface area contributed by atoms with Crippen LogP contribution in [0.5, 0.6) is 0 Å². The minimum absolute atomic E-state index is 0.694. The molecule has 0 aromatic heterocycles. The molecule has 0 bridgehead atoms. The Morgan fingerprint density at radius 3 is 1.91 bits per heavy atom. The van der Waals surface area contributed by atoms with Crippen molar-refractivity contribution in [1.82, 2.24) is 4.90 Å². The maximum Gasteiger partial charge on any atom is 0.492 e. The largest absolute Gasteiger partial charge is 0.492 e. The van der Waals surface area contributed by atoms with Gasteiger partial charge in [0.15, 0.2) is 0 Å². The smallest absolute Gasteiger partial charge is 0.448 e. The van der Waals surface area contributed by atoms with Crippen LogP contribution >= 0.6 is 0 Å². The van der Waals surface area contributed by atoms with Gasteiger partial charge >= 0.3 is 6.98 Å². The molecule has 0 spiro atoms. The first-order valence-corrected chi connectivity index (χ1v) is 3.10. The molecule has 0 unspecified atom stereocenters. The maximum absolute atomic E-state index is 12.0. The molecular weight excluding hydrogens is 168 g/mol. The van der Waals surface area contributed by atoms with Crippen LogP contribution in [0.4, 0.5) is 21.7 Å². The molecule has 1 rings (SSSR count). The molecule has 1 saturated heterocycles. The van der Waals surface area contributed by atoms with Crippen molar-refractivity contribution in [2.45, 2.75) is 5.92 Å². The number of likely N-dealkylation sites (tertiary alicyclic amines) is 1. The molecule has 1 aliphatic heterocycles. The molecule has 0 aliphatic carbocycles. The first-order chi connectivity index (χ1) is 4.79. The minimum Gasteiger partial charge on any atom is -0.448 e. The Kier molecular flexibility index (Phi) is 1.86. The zero-order valence-electron chi connectivity index (χ0n) is 5.54. The molecule has 7 heteroatoms. The molecule has 11 heavy (non-hydrogen) atoms. The lowest BCUT2D eigenvalue weighted by Crippen LogP contribution is -2.59. The highest BCUT2D eigenvalue weighted by atomic mass is 19.4. The summed E-state index contributed by atoms with van der Waals surface area (Å²) in [6, 6.07) is 0. The lowest BCUT2D eigenvalue weighted by Gasteiger charge is -2.41. The summed E-state index contributed by atoms with van der Waals surface area (Å²) in [4.78, 5) is 0.694. The van der Waals surface area contributed by atoms with Crippen LogP contribution in [0.1, 0.15) is 0 Å². The Morgan fingerprint density at radius 2 is 1.64 bits per heavy atom. The van der Waals surface area contributed by atoms with Crippen LogP contribution in [0, 0.1) is 0 Å². The average molecular weight is 174 g/mol. The molecule has 1 fully saturated rings. The van der Waals surface area contributed by atoms with Gasteiger partial charge < -0.3 is 17.8 Å². The summed E-state index contributed by atoms with van der Waals surface area (Å²) < 4.78 is 58.6. The summed E-state index contributed by atoms with van der Waals surface area (Å²) in [5, 5.41) is 0. The molecule has 0 saturated carbocycles. The summed E-state index contributed by atoms with van der Waals surface area (Å²) in [7, 11) is 0. The van der Waals surface area contributed by atoms with E-state index in [-0.39, 0.29) is 0 Å². The fraction of sp³-hybridized carbons (Fsp3) is 1.00. The van der Waals surface area contributed by atoms with Crippen LogP contribution < -0.4 is 0 Å². The lowest BCUT2D eigenvalue weighted by molar-refractivity contribution is -0.125. The van der Waals surface area contributed by atoms with E-state index in [4.69, 9.17) is 0 Å². The van der Waals surface area contributed by atoms with Crippen LogP contribution in [-0.4, -0.2) is 37.3 Å². The Labute approximate surface area is 60.2 Å². The summed E-state index contributed by atoms with van der Waals surface area (Å²) >= 11 is 0. The van der Waals surface area contributed by atoms with Gasteiger partial charge in [0.1, 0.15) is 0 Å². The van der Waals surface area contributed by atoms with Crippen LogP contribution in [0.25, 0.3) is 0 Å². The van der Waals surface area contributed by atoms with E-state index in [0.29, 0.717) is 4.90 Å². The summed E-state index contributed by atoms with van der Waals surface area (Å²) in [6.07, 6.45) is -1.17. The fourth-order valence-corrected chi connectivity index (χ4v) is 1.03. The van der Waals surface area contributed by atoms with E-state index in [9.17, 15) is 21.7 Å². The van der Waals surface area contributed by atoms with Crippen LogP contribution in [0.2, 0.25) is 0 Å². The second-order valence-electron chi connectivity index (χ2n) is 2.74. The number of nitrogens with zero attached hydrogens (tertiary/aromatic N) is 1. The van der Waals surface area contributed by atoms with Gasteiger partial charge in [0.25, 0.3) is 5.92 Å². The fourth-order valence-electron chi connectivity index (χ4n) is 1.03. The summed E-state index contributed by atoms with van der Waals surface area (Å²) in [5.41, 5.74) is 0. The van der Waals surface area contributed by atoms with E-state index in [1.165, 1.54) is 0 Å². The highest BCUT2D eigenvalue weighted by Gasteiger charge is 2.45. The molecule has 0 aromatic carbocycles. The molecule has 1 aliphatic rings. The molecule has 0 radical (unpaired) electrons. The predicted octanol–water partition coefficient (Wildman–Crippen LogP) is 1.32. The highest BCUT2D eigenvalue weighted by molar-refractivity contribution is 6.58. The van der Waals surface area contributed by atoms with E-state index in [2.05, 4.69) is 0 Å². The molecule has 0 N–H and O–H groups in total. The maximum atomic E-state index is 12.0. The number of hydrogen-bond donors (Lipinski definition) is 0. The van der Waals surface area contributed by atoms with Gasteiger partial charge in [-0.25, -0.2) is 8.78 Å². The van der Waals surface area contributed by atoms with Gasteiger partial charge in [0.2, 0.25) is 0 Å². The van der Waals surface area contributed by atoms with Crippen LogP contribution in [0.15, 0.2) is 0 Å². The van der Waals surface area contributed by atoms with Crippen molar-refractivity contribution >= 4 is 6.98 Å². The number of halogens is 5. The Bertz CT molecular complexity index is 147. The van der Waals surface area contributed by atoms with Gasteiger partial charge in [-0.1, -0.05) is 0 Å². The first kappa shape index (κ1) is 8.77. The van der Waals surface area contributed by atoms with E-state index in [1.807, 2.05) is 0 Å². The molecule has 66 valence electrons. The first-order valence-electron chi connectivity index (χ1n) is 3.10. The third-order valence-corrected chi connectivity index (χ3v) is 1.38. The topological polar surface area (TPSA) is 3.24 Å². The minimum atomic E-state index is -4.95. The van der Waals surface area contributed by atoms with Gasteiger partial charge in [-0.15, -0.1) is 0 Å². The van der Waals surface area contributed by atoms with Crippen molar-refractivity contribution in [1.29, 1.82) is 0 Å². The van der Waals surface area contributed by atoms with Gasteiger partial charge in [-0.2, -0.15) is 0 Å². The lowest BCUT2D eigenvalue weighted by atomic mass is 9.89. The van der Waals surface area contributed by atoms with E-state index in [0.717, 1.165) is 0 Å². The number of rotatable bonds is 2. The van der Waals surface area contributed by atoms with Crippen molar-refractivity contribution in [3.8, 4) is 0 Å². The van der Waals surface area contributed by atoms with Crippen molar-refractivity contribution in [3.63, 3.8) is 0 Å². The SMILES string of the molecule is F[B-](F)(F)CN1CC(F)(F)C1. The Balaban J connectivity index is 2.24. The Morgan fingerprint density at radius 1 is 1.18 bits per heavy atom. The summed E-state index contributed by atoms with van der Waals surface area (Å²) in [5.74, 6) is -2.90. The van der Waals surface area contributed by atoms with Crippen LogP contribution in [0.3, 0.4) is 0 Å². The summed E-state index contributed by atoms with van der Waals surface area (Å²) in [6.45, 7) is -6.46. The predicted molar refractivity (Wildman–Crippen MR) is 30.5 cm³/mol. The van der Waals surface area contributed by atoms with Crippen molar-refractivity contribution < 1.29 is 21.7 Å². The molecular formula is C4H6BF5N-. The van der Waals surface area contributed by atoms with Crippen LogP contribution in [-0.2, 0) is 0 Å². The number of hydrogen-bond acceptors (Lipinski definition) is 1.